The SMILES string of the molecule is COCCNCC1(C(=O)NO)CCC(CO)N1C(=O)c1cc(F)c(Oc2ccc(Cl)cc2)c(F)c1. The molecule has 1 heterocycles. The van der Waals surface area contributed by atoms with Crippen LogP contribution >= 0.6 is 11.6 Å². The lowest BCUT2D eigenvalue weighted by atomic mass is 9.94. The first-order valence-electron chi connectivity index (χ1n) is 10.8. The average Bonchev–Trinajstić information content (AvgIpc) is 3.23. The maximum Gasteiger partial charge on any atom is 0.270 e. The zero-order valence-corrected chi connectivity index (χ0v) is 19.6. The molecule has 1 aliphatic rings. The molecule has 4 N–H and O–H groups in total. The maximum absolute atomic E-state index is 14.9. The molecule has 12 heteroatoms. The van der Waals surface area contributed by atoms with Crippen molar-refractivity contribution in [3.05, 3.63) is 58.6 Å². The first-order chi connectivity index (χ1) is 16.8. The van der Waals surface area contributed by atoms with Gasteiger partial charge in [0.1, 0.15) is 11.3 Å². The van der Waals surface area contributed by atoms with E-state index in [1.165, 1.54) is 31.4 Å². The van der Waals surface area contributed by atoms with Crippen LogP contribution in [-0.2, 0) is 9.53 Å². The highest BCUT2D eigenvalue weighted by atomic mass is 35.5. The molecule has 0 spiro atoms. The molecule has 3 rings (SSSR count). The van der Waals surface area contributed by atoms with E-state index < -0.39 is 52.9 Å². The van der Waals surface area contributed by atoms with Gasteiger partial charge in [0.2, 0.25) is 0 Å². The summed E-state index contributed by atoms with van der Waals surface area (Å²) in [6, 6.07) is 6.59. The number of aliphatic hydroxyl groups is 1. The van der Waals surface area contributed by atoms with Crippen LogP contribution in [0.4, 0.5) is 8.78 Å². The van der Waals surface area contributed by atoms with Gasteiger partial charge in [0, 0.05) is 30.8 Å². The molecular weight excluding hydrogens is 488 g/mol. The zero-order valence-electron chi connectivity index (χ0n) is 18.9. The van der Waals surface area contributed by atoms with E-state index in [9.17, 15) is 28.7 Å². The second-order valence-electron chi connectivity index (χ2n) is 8.02. The van der Waals surface area contributed by atoms with Crippen LogP contribution in [0.1, 0.15) is 23.2 Å². The predicted molar refractivity (Wildman–Crippen MR) is 122 cm³/mol. The molecule has 2 amide bonds. The Morgan fingerprint density at radius 1 is 1.23 bits per heavy atom. The summed E-state index contributed by atoms with van der Waals surface area (Å²) in [5.74, 6) is -4.65. The maximum atomic E-state index is 14.9. The summed E-state index contributed by atoms with van der Waals surface area (Å²) in [6.07, 6.45) is 0.323. The highest BCUT2D eigenvalue weighted by Crippen LogP contribution is 2.37. The number of hydrogen-bond acceptors (Lipinski definition) is 7. The van der Waals surface area contributed by atoms with Gasteiger partial charge in [-0.25, -0.2) is 14.3 Å². The first-order valence-corrected chi connectivity index (χ1v) is 11.2. The van der Waals surface area contributed by atoms with Crippen molar-refractivity contribution in [1.82, 2.24) is 15.7 Å². The van der Waals surface area contributed by atoms with Gasteiger partial charge in [-0.2, -0.15) is 0 Å². The van der Waals surface area contributed by atoms with Crippen molar-refractivity contribution in [3.63, 3.8) is 0 Å². The zero-order chi connectivity index (χ0) is 25.6. The molecule has 2 unspecified atom stereocenters. The topological polar surface area (TPSA) is 120 Å². The fraction of sp³-hybridized carbons (Fsp3) is 0.391. The van der Waals surface area contributed by atoms with Gasteiger partial charge < -0.3 is 24.8 Å². The van der Waals surface area contributed by atoms with Crippen LogP contribution in [0.25, 0.3) is 0 Å². The van der Waals surface area contributed by atoms with Gasteiger partial charge in [-0.15, -0.1) is 0 Å². The Balaban J connectivity index is 1.94. The second kappa shape index (κ2) is 11.7. The number of nitrogens with zero attached hydrogens (tertiary/aromatic N) is 1. The van der Waals surface area contributed by atoms with Gasteiger partial charge in [-0.1, -0.05) is 11.6 Å². The molecule has 9 nitrogen and oxygen atoms in total. The molecule has 0 radical (unpaired) electrons. The van der Waals surface area contributed by atoms with Gasteiger partial charge in [-0.05, 0) is 49.2 Å². The van der Waals surface area contributed by atoms with E-state index in [4.69, 9.17) is 21.1 Å². The van der Waals surface area contributed by atoms with E-state index in [1.54, 1.807) is 5.48 Å². The number of hydrogen-bond donors (Lipinski definition) is 4. The third kappa shape index (κ3) is 5.71. The summed E-state index contributed by atoms with van der Waals surface area (Å²) in [4.78, 5) is 27.3. The van der Waals surface area contributed by atoms with Gasteiger partial charge in [0.15, 0.2) is 17.4 Å². The number of aliphatic hydroxyl groups excluding tert-OH is 1. The largest absolute Gasteiger partial charge is 0.451 e. The summed E-state index contributed by atoms with van der Waals surface area (Å²) in [6.45, 7) is 0.0726. The van der Waals surface area contributed by atoms with E-state index in [1.807, 2.05) is 0 Å². The van der Waals surface area contributed by atoms with Crippen molar-refractivity contribution >= 4 is 23.4 Å². The number of likely N-dealkylation sites (tertiary alicyclic amines) is 1. The molecule has 0 aliphatic carbocycles. The number of halogens is 3. The molecule has 35 heavy (non-hydrogen) atoms. The number of ether oxygens (including phenoxy) is 2. The second-order valence-corrected chi connectivity index (χ2v) is 8.45. The minimum atomic E-state index is -1.61. The summed E-state index contributed by atoms with van der Waals surface area (Å²) >= 11 is 5.80. The van der Waals surface area contributed by atoms with Crippen LogP contribution in [0.5, 0.6) is 11.5 Å². The smallest absolute Gasteiger partial charge is 0.270 e. The molecule has 1 fully saturated rings. The van der Waals surface area contributed by atoms with Crippen LogP contribution in [0, 0.1) is 11.6 Å². The fourth-order valence-corrected chi connectivity index (χ4v) is 4.25. The number of benzene rings is 2. The highest BCUT2D eigenvalue weighted by molar-refractivity contribution is 6.30. The molecule has 2 atom stereocenters. The molecule has 1 saturated heterocycles. The number of amides is 2. The minimum absolute atomic E-state index is 0.0896. The summed E-state index contributed by atoms with van der Waals surface area (Å²) in [7, 11) is 1.49. The van der Waals surface area contributed by atoms with Crippen LogP contribution in [0.3, 0.4) is 0 Å². The van der Waals surface area contributed by atoms with Gasteiger partial charge in [0.05, 0.1) is 19.3 Å². The standard InChI is InChI=1S/C23H26ClF2N3O6/c1-34-9-8-27-13-23(22(32)28-33)7-6-16(12-30)29(23)21(31)14-10-18(25)20(19(26)11-14)35-17-4-2-15(24)3-5-17/h2-5,10-11,16,27,30,33H,6-9,12-13H2,1H3,(H,28,32). The normalized spacial score (nSPS) is 19.6. The molecule has 0 saturated carbocycles. The predicted octanol–water partition coefficient (Wildman–Crippen LogP) is 2.49. The molecule has 0 bridgehead atoms. The summed E-state index contributed by atoms with van der Waals surface area (Å²) in [5.41, 5.74) is -0.436. The highest BCUT2D eigenvalue weighted by Gasteiger charge is 2.53. The third-order valence-electron chi connectivity index (χ3n) is 5.85. The number of carbonyl (C=O) groups is 2. The molecule has 2 aromatic rings. The number of carbonyl (C=O) groups excluding carboxylic acids is 2. The number of nitrogens with one attached hydrogen (secondary N) is 2. The number of methoxy groups -OCH3 is 1. The van der Waals surface area contributed by atoms with E-state index in [0.29, 0.717) is 18.2 Å². The lowest BCUT2D eigenvalue weighted by molar-refractivity contribution is -0.140. The van der Waals surface area contributed by atoms with Crippen molar-refractivity contribution in [1.29, 1.82) is 0 Å². The van der Waals surface area contributed by atoms with E-state index in [0.717, 1.165) is 17.0 Å². The molecule has 190 valence electrons. The lowest BCUT2D eigenvalue weighted by Crippen LogP contribution is -2.64. The van der Waals surface area contributed by atoms with E-state index in [2.05, 4.69) is 5.32 Å². The van der Waals surface area contributed by atoms with Crippen LogP contribution in [-0.4, -0.2) is 72.0 Å². The summed E-state index contributed by atoms with van der Waals surface area (Å²) in [5, 5.41) is 22.6. The Labute approximate surface area is 205 Å². The Morgan fingerprint density at radius 3 is 2.46 bits per heavy atom. The van der Waals surface area contributed by atoms with Crippen molar-refractivity contribution < 1.29 is 38.2 Å². The molecule has 0 aromatic heterocycles. The molecule has 1 aliphatic heterocycles. The number of rotatable bonds is 10. The quantitative estimate of drug-likeness (QED) is 0.219. The van der Waals surface area contributed by atoms with E-state index in [-0.39, 0.29) is 25.1 Å². The van der Waals surface area contributed by atoms with Crippen LogP contribution in [0.15, 0.2) is 36.4 Å². The monoisotopic (exact) mass is 513 g/mol. The van der Waals surface area contributed by atoms with Crippen LogP contribution in [0.2, 0.25) is 5.02 Å². The fourth-order valence-electron chi connectivity index (χ4n) is 4.13. The van der Waals surface area contributed by atoms with Gasteiger partial charge in [-0.3, -0.25) is 14.8 Å². The Kier molecular flexibility index (Phi) is 8.98. The van der Waals surface area contributed by atoms with Crippen LogP contribution < -0.4 is 15.5 Å². The summed E-state index contributed by atoms with van der Waals surface area (Å²) < 4.78 is 39.9. The minimum Gasteiger partial charge on any atom is -0.451 e. The van der Waals surface area contributed by atoms with E-state index >= 15 is 0 Å². The van der Waals surface area contributed by atoms with Gasteiger partial charge in [0.25, 0.3) is 11.8 Å². The van der Waals surface area contributed by atoms with Crippen molar-refractivity contribution in [2.75, 3.05) is 33.4 Å². The Morgan fingerprint density at radius 2 is 1.89 bits per heavy atom. The van der Waals surface area contributed by atoms with Gasteiger partial charge >= 0.3 is 0 Å². The van der Waals surface area contributed by atoms with Crippen molar-refractivity contribution in [2.24, 2.45) is 0 Å². The van der Waals surface area contributed by atoms with Crippen molar-refractivity contribution in [2.45, 2.75) is 24.4 Å². The van der Waals surface area contributed by atoms with Crippen molar-refractivity contribution in [3.8, 4) is 11.5 Å². The molecular formula is C23H26ClF2N3O6. The molecule has 2 aromatic carbocycles. The Bertz CT molecular complexity index is 1040. The first kappa shape index (κ1) is 26.8. The number of hydroxylamine groups is 1. The average molecular weight is 514 g/mol. The lowest BCUT2D eigenvalue weighted by Gasteiger charge is -2.39. The Hall–Kier alpha value is -2.83. The third-order valence-corrected chi connectivity index (χ3v) is 6.10.